The van der Waals surface area contributed by atoms with Gasteiger partial charge in [-0.1, -0.05) is 18.2 Å². The van der Waals surface area contributed by atoms with E-state index in [9.17, 15) is 13.2 Å². The van der Waals surface area contributed by atoms with E-state index in [0.717, 1.165) is 0 Å². The summed E-state index contributed by atoms with van der Waals surface area (Å²) < 4.78 is 28.8. The van der Waals surface area contributed by atoms with E-state index >= 15 is 0 Å². The molecule has 0 radical (unpaired) electrons. The van der Waals surface area contributed by atoms with Crippen molar-refractivity contribution in [3.8, 4) is 0 Å². The topological polar surface area (TPSA) is 60.4 Å². The maximum absolute atomic E-state index is 12.2. The summed E-state index contributed by atoms with van der Waals surface area (Å²) >= 11 is 3.99. The number of rotatable bonds is 5. The first kappa shape index (κ1) is 14.1. The first-order valence-electron chi connectivity index (χ1n) is 4.99. The van der Waals surface area contributed by atoms with Crippen molar-refractivity contribution in [3.63, 3.8) is 0 Å². The summed E-state index contributed by atoms with van der Waals surface area (Å²) in [6.45, 7) is 0. The third kappa shape index (κ3) is 3.47. The molecule has 17 heavy (non-hydrogen) atoms. The Labute approximate surface area is 106 Å². The fourth-order valence-electron chi connectivity index (χ4n) is 1.34. The highest BCUT2D eigenvalue weighted by atomic mass is 32.2. The maximum atomic E-state index is 12.2. The summed E-state index contributed by atoms with van der Waals surface area (Å²) in [5.41, 5.74) is 0. The van der Waals surface area contributed by atoms with Crippen LogP contribution in [0.15, 0.2) is 35.2 Å². The molecule has 0 amide bonds. The summed E-state index contributed by atoms with van der Waals surface area (Å²) in [6.07, 6.45) is -0.183. The van der Waals surface area contributed by atoms with Gasteiger partial charge in [0.05, 0.1) is 23.7 Å². The minimum atomic E-state index is -3.53. The smallest absolute Gasteiger partial charge is 0.306 e. The van der Waals surface area contributed by atoms with Crippen molar-refractivity contribution in [3.05, 3.63) is 30.3 Å². The van der Waals surface area contributed by atoms with Gasteiger partial charge in [0.15, 0.2) is 9.84 Å². The molecule has 94 valence electrons. The van der Waals surface area contributed by atoms with Gasteiger partial charge in [-0.25, -0.2) is 8.42 Å². The maximum Gasteiger partial charge on any atom is 0.306 e. The summed E-state index contributed by atoms with van der Waals surface area (Å²) in [4.78, 5) is 11.3. The normalized spacial score (nSPS) is 13.1. The molecule has 0 saturated heterocycles. The summed E-state index contributed by atoms with van der Waals surface area (Å²) in [7, 11) is -2.30. The lowest BCUT2D eigenvalue weighted by Crippen LogP contribution is -2.27. The monoisotopic (exact) mass is 274 g/mol. The van der Waals surface area contributed by atoms with Crippen LogP contribution in [0.25, 0.3) is 0 Å². The van der Waals surface area contributed by atoms with Crippen LogP contribution in [0, 0.1) is 0 Å². The number of carbonyl (C=O) groups is 1. The van der Waals surface area contributed by atoms with Gasteiger partial charge in [0.1, 0.15) is 0 Å². The number of thiol groups is 1. The van der Waals surface area contributed by atoms with Crippen molar-refractivity contribution in [1.82, 2.24) is 0 Å². The van der Waals surface area contributed by atoms with E-state index in [1.807, 2.05) is 0 Å². The zero-order valence-corrected chi connectivity index (χ0v) is 11.1. The van der Waals surface area contributed by atoms with E-state index < -0.39 is 21.1 Å². The number of hydrogen-bond donors (Lipinski definition) is 1. The van der Waals surface area contributed by atoms with Crippen LogP contribution in [0.4, 0.5) is 0 Å². The van der Waals surface area contributed by atoms with E-state index in [-0.39, 0.29) is 17.1 Å². The van der Waals surface area contributed by atoms with Gasteiger partial charge in [0.25, 0.3) is 0 Å². The molecule has 6 heteroatoms. The third-order valence-corrected chi connectivity index (χ3v) is 5.16. The SMILES string of the molecule is COC(=O)CC(CS)S(=O)(=O)c1ccccc1. The number of ether oxygens (including phenoxy) is 1. The molecule has 0 spiro atoms. The zero-order chi connectivity index (χ0) is 12.9. The van der Waals surface area contributed by atoms with Gasteiger partial charge < -0.3 is 4.74 Å². The molecular weight excluding hydrogens is 260 g/mol. The van der Waals surface area contributed by atoms with Gasteiger partial charge >= 0.3 is 5.97 Å². The van der Waals surface area contributed by atoms with Gasteiger partial charge in [0.2, 0.25) is 0 Å². The van der Waals surface area contributed by atoms with Crippen LogP contribution < -0.4 is 0 Å². The molecule has 0 bridgehead atoms. The molecule has 0 fully saturated rings. The number of esters is 1. The average Bonchev–Trinajstić information content (AvgIpc) is 2.36. The lowest BCUT2D eigenvalue weighted by atomic mass is 10.3. The van der Waals surface area contributed by atoms with Crippen molar-refractivity contribution in [2.75, 3.05) is 12.9 Å². The second-order valence-electron chi connectivity index (χ2n) is 3.44. The molecule has 0 aliphatic carbocycles. The quantitative estimate of drug-likeness (QED) is 0.650. The molecule has 0 aromatic heterocycles. The fourth-order valence-corrected chi connectivity index (χ4v) is 3.54. The molecule has 0 N–H and O–H groups in total. The summed E-state index contributed by atoms with van der Waals surface area (Å²) in [5.74, 6) is -0.477. The second-order valence-corrected chi connectivity index (χ2v) is 6.04. The molecule has 4 nitrogen and oxygen atoms in total. The Morgan fingerprint density at radius 3 is 2.41 bits per heavy atom. The molecule has 1 atom stereocenters. The van der Waals surface area contributed by atoms with Crippen LogP contribution in [-0.2, 0) is 19.4 Å². The Morgan fingerprint density at radius 2 is 1.94 bits per heavy atom. The van der Waals surface area contributed by atoms with Gasteiger partial charge in [-0.3, -0.25) is 4.79 Å². The zero-order valence-electron chi connectivity index (χ0n) is 9.37. The molecular formula is C11H14O4S2. The lowest BCUT2D eigenvalue weighted by molar-refractivity contribution is -0.140. The number of carbonyl (C=O) groups excluding carboxylic acids is 1. The highest BCUT2D eigenvalue weighted by Gasteiger charge is 2.28. The minimum absolute atomic E-state index is 0.0757. The molecule has 1 aromatic carbocycles. The molecule has 0 aliphatic heterocycles. The molecule has 0 aliphatic rings. The van der Waals surface area contributed by atoms with E-state index in [1.165, 1.54) is 19.2 Å². The Balaban J connectivity index is 2.99. The first-order valence-corrected chi connectivity index (χ1v) is 7.17. The molecule has 1 rings (SSSR count). The van der Waals surface area contributed by atoms with Crippen molar-refractivity contribution in [2.45, 2.75) is 16.6 Å². The van der Waals surface area contributed by atoms with Crippen molar-refractivity contribution >= 4 is 28.4 Å². The number of sulfone groups is 1. The Morgan fingerprint density at radius 1 is 1.35 bits per heavy atom. The van der Waals surface area contributed by atoms with E-state index in [0.29, 0.717) is 0 Å². The summed E-state index contributed by atoms with van der Waals surface area (Å²) in [6, 6.07) is 8.02. The largest absolute Gasteiger partial charge is 0.469 e. The molecule has 0 saturated carbocycles. The van der Waals surface area contributed by atoms with Gasteiger partial charge in [0, 0.05) is 5.75 Å². The van der Waals surface area contributed by atoms with Crippen LogP contribution in [0.2, 0.25) is 0 Å². The standard InChI is InChI=1S/C11H14O4S2/c1-15-11(12)7-10(8-16)17(13,14)9-5-3-2-4-6-9/h2-6,10,16H,7-8H2,1H3. The van der Waals surface area contributed by atoms with Crippen LogP contribution in [0.3, 0.4) is 0 Å². The van der Waals surface area contributed by atoms with Gasteiger partial charge in [-0.2, -0.15) is 12.6 Å². The highest BCUT2D eigenvalue weighted by Crippen LogP contribution is 2.19. The molecule has 1 aromatic rings. The predicted octanol–water partition coefficient (Wildman–Crippen LogP) is 1.32. The van der Waals surface area contributed by atoms with Crippen molar-refractivity contribution in [1.29, 1.82) is 0 Å². The number of hydrogen-bond acceptors (Lipinski definition) is 5. The van der Waals surface area contributed by atoms with Crippen molar-refractivity contribution < 1.29 is 17.9 Å². The van der Waals surface area contributed by atoms with E-state index in [1.54, 1.807) is 18.2 Å². The lowest BCUT2D eigenvalue weighted by Gasteiger charge is -2.14. The van der Waals surface area contributed by atoms with Gasteiger partial charge in [-0.15, -0.1) is 0 Å². The van der Waals surface area contributed by atoms with Crippen LogP contribution in [0.5, 0.6) is 0 Å². The highest BCUT2D eigenvalue weighted by molar-refractivity contribution is 7.93. The number of benzene rings is 1. The van der Waals surface area contributed by atoms with Gasteiger partial charge in [-0.05, 0) is 12.1 Å². The van der Waals surface area contributed by atoms with E-state index in [4.69, 9.17) is 0 Å². The molecule has 1 unspecified atom stereocenters. The third-order valence-electron chi connectivity index (χ3n) is 2.34. The van der Waals surface area contributed by atoms with Crippen molar-refractivity contribution in [2.24, 2.45) is 0 Å². The average molecular weight is 274 g/mol. The minimum Gasteiger partial charge on any atom is -0.469 e. The molecule has 0 heterocycles. The Bertz CT molecular complexity index is 468. The predicted molar refractivity (Wildman–Crippen MR) is 67.9 cm³/mol. The Hall–Kier alpha value is -1.01. The van der Waals surface area contributed by atoms with Crippen LogP contribution in [-0.4, -0.2) is 32.5 Å². The first-order chi connectivity index (χ1) is 8.02. The van der Waals surface area contributed by atoms with Crippen LogP contribution >= 0.6 is 12.6 Å². The second kappa shape index (κ2) is 6.07. The number of methoxy groups -OCH3 is 1. The fraction of sp³-hybridized carbons (Fsp3) is 0.364. The van der Waals surface area contributed by atoms with Crippen LogP contribution in [0.1, 0.15) is 6.42 Å². The summed E-state index contributed by atoms with van der Waals surface area (Å²) in [5, 5.41) is -0.860. The Kier molecular flexibility index (Phi) is 5.02. The van der Waals surface area contributed by atoms with E-state index in [2.05, 4.69) is 17.4 Å².